The van der Waals surface area contributed by atoms with E-state index in [2.05, 4.69) is 10.3 Å². The normalized spacial score (nSPS) is 13.9. The molecule has 7 heteroatoms. The Morgan fingerprint density at radius 3 is 2.45 bits per heavy atom. The Morgan fingerprint density at radius 2 is 2.00 bits per heavy atom. The molecule has 20 heavy (non-hydrogen) atoms. The predicted molar refractivity (Wildman–Crippen MR) is 68.4 cm³/mol. The van der Waals surface area contributed by atoms with Crippen LogP contribution in [0.25, 0.3) is 0 Å². The van der Waals surface area contributed by atoms with Gasteiger partial charge in [-0.2, -0.15) is 13.2 Å². The Morgan fingerprint density at radius 1 is 1.40 bits per heavy atom. The summed E-state index contributed by atoms with van der Waals surface area (Å²) in [5, 5.41) is 11.6. The van der Waals surface area contributed by atoms with E-state index in [4.69, 9.17) is 5.11 Å². The molecular weight excluding hydrogens is 273 g/mol. The van der Waals surface area contributed by atoms with Gasteiger partial charge in [0.25, 0.3) is 0 Å². The first-order chi connectivity index (χ1) is 9.00. The van der Waals surface area contributed by atoms with E-state index in [9.17, 15) is 18.0 Å². The summed E-state index contributed by atoms with van der Waals surface area (Å²) in [6.45, 7) is 5.42. The fraction of sp³-hybridized carbons (Fsp3) is 0.538. The predicted octanol–water partition coefficient (Wildman–Crippen LogP) is 3.40. The summed E-state index contributed by atoms with van der Waals surface area (Å²) in [7, 11) is 0. The number of hydrogen-bond donors (Lipinski definition) is 2. The summed E-state index contributed by atoms with van der Waals surface area (Å²) in [4.78, 5) is 14.6. The molecule has 2 N–H and O–H groups in total. The summed E-state index contributed by atoms with van der Waals surface area (Å²) in [5.41, 5.74) is -1.26. The largest absolute Gasteiger partial charge is 0.481 e. The maximum Gasteiger partial charge on any atom is 0.416 e. The quantitative estimate of drug-likeness (QED) is 0.892. The molecule has 1 aromatic heterocycles. The monoisotopic (exact) mass is 290 g/mol. The highest BCUT2D eigenvalue weighted by Gasteiger charge is 2.32. The fourth-order valence-electron chi connectivity index (χ4n) is 1.61. The zero-order chi connectivity index (χ0) is 15.6. The molecule has 0 spiro atoms. The number of aromatic nitrogens is 1. The zero-order valence-electron chi connectivity index (χ0n) is 11.5. The van der Waals surface area contributed by atoms with Crippen molar-refractivity contribution in [2.45, 2.75) is 39.4 Å². The van der Waals surface area contributed by atoms with Crippen LogP contribution < -0.4 is 5.32 Å². The van der Waals surface area contributed by atoms with Gasteiger partial charge in [0.15, 0.2) is 0 Å². The number of pyridine rings is 1. The van der Waals surface area contributed by atoms with E-state index < -0.39 is 29.2 Å². The van der Waals surface area contributed by atoms with Crippen LogP contribution in [-0.4, -0.2) is 22.1 Å². The van der Waals surface area contributed by atoms with Crippen molar-refractivity contribution in [2.24, 2.45) is 5.41 Å². The van der Waals surface area contributed by atoms with Gasteiger partial charge in [-0.1, -0.05) is 20.8 Å². The summed E-state index contributed by atoms with van der Waals surface area (Å²) in [6, 6.07) is 1.21. The van der Waals surface area contributed by atoms with Gasteiger partial charge >= 0.3 is 12.1 Å². The van der Waals surface area contributed by atoms with Gasteiger partial charge in [-0.05, 0) is 17.5 Å². The minimum absolute atomic E-state index is 0.0148. The van der Waals surface area contributed by atoms with Crippen molar-refractivity contribution in [1.29, 1.82) is 0 Å². The number of alkyl halides is 3. The molecule has 0 aliphatic carbocycles. The summed E-state index contributed by atoms with van der Waals surface area (Å²) < 4.78 is 37.8. The number of anilines is 1. The van der Waals surface area contributed by atoms with Gasteiger partial charge in [0.1, 0.15) is 5.82 Å². The molecule has 0 bridgehead atoms. The molecule has 1 rings (SSSR count). The van der Waals surface area contributed by atoms with Gasteiger partial charge in [-0.25, -0.2) is 4.98 Å². The molecule has 0 fully saturated rings. The topological polar surface area (TPSA) is 62.2 Å². The number of nitrogens with zero attached hydrogens (tertiary/aromatic N) is 1. The lowest BCUT2D eigenvalue weighted by Crippen LogP contribution is -2.36. The van der Waals surface area contributed by atoms with Crippen LogP contribution in [0.3, 0.4) is 0 Å². The number of nitrogens with one attached hydrogen (secondary N) is 1. The smallest absolute Gasteiger partial charge is 0.416 e. The van der Waals surface area contributed by atoms with Crippen molar-refractivity contribution in [1.82, 2.24) is 4.98 Å². The fourth-order valence-corrected chi connectivity index (χ4v) is 1.61. The lowest BCUT2D eigenvalue weighted by molar-refractivity contribution is -0.138. The second-order valence-electron chi connectivity index (χ2n) is 5.59. The molecule has 1 unspecified atom stereocenters. The van der Waals surface area contributed by atoms with Gasteiger partial charge in [-0.3, -0.25) is 4.79 Å². The first-order valence-electron chi connectivity index (χ1n) is 6.01. The molecule has 112 valence electrons. The number of halogens is 3. The van der Waals surface area contributed by atoms with Crippen molar-refractivity contribution in [2.75, 3.05) is 5.32 Å². The second-order valence-corrected chi connectivity index (χ2v) is 5.59. The van der Waals surface area contributed by atoms with Crippen molar-refractivity contribution in [3.05, 3.63) is 23.9 Å². The second kappa shape index (κ2) is 5.68. The van der Waals surface area contributed by atoms with E-state index in [1.165, 1.54) is 0 Å². The number of carbonyl (C=O) groups is 1. The molecule has 0 aliphatic rings. The van der Waals surface area contributed by atoms with Gasteiger partial charge < -0.3 is 10.4 Å². The van der Waals surface area contributed by atoms with Crippen molar-refractivity contribution < 1.29 is 23.1 Å². The van der Waals surface area contributed by atoms with Crippen LogP contribution in [-0.2, 0) is 11.0 Å². The first-order valence-corrected chi connectivity index (χ1v) is 6.01. The van der Waals surface area contributed by atoms with Crippen LogP contribution in [0.4, 0.5) is 19.0 Å². The summed E-state index contributed by atoms with van der Waals surface area (Å²) in [6.07, 6.45) is -3.61. The van der Waals surface area contributed by atoms with Crippen LogP contribution in [0.2, 0.25) is 0 Å². The Kier molecular flexibility index (Phi) is 4.62. The summed E-state index contributed by atoms with van der Waals surface area (Å²) >= 11 is 0. The third-order valence-electron chi connectivity index (χ3n) is 2.83. The number of aliphatic carboxylic acids is 1. The molecule has 0 amide bonds. The Balaban J connectivity index is 2.97. The number of hydrogen-bond acceptors (Lipinski definition) is 3. The highest BCUT2D eigenvalue weighted by Crippen LogP contribution is 2.31. The average molecular weight is 290 g/mol. The number of carboxylic acids is 1. The first kappa shape index (κ1) is 16.3. The van der Waals surface area contributed by atoms with Crippen LogP contribution in [0.15, 0.2) is 18.3 Å². The maximum absolute atomic E-state index is 12.6. The van der Waals surface area contributed by atoms with Crippen molar-refractivity contribution >= 4 is 11.8 Å². The Bertz CT molecular complexity index is 481. The van der Waals surface area contributed by atoms with Gasteiger partial charge in [0.2, 0.25) is 0 Å². The minimum atomic E-state index is -4.45. The zero-order valence-corrected chi connectivity index (χ0v) is 11.5. The average Bonchev–Trinajstić information content (AvgIpc) is 2.25. The van der Waals surface area contributed by atoms with Gasteiger partial charge in [-0.15, -0.1) is 0 Å². The van der Waals surface area contributed by atoms with E-state index in [1.807, 2.05) is 0 Å². The molecule has 0 aromatic carbocycles. The highest BCUT2D eigenvalue weighted by atomic mass is 19.4. The van der Waals surface area contributed by atoms with Crippen LogP contribution in [0.5, 0.6) is 0 Å². The summed E-state index contributed by atoms with van der Waals surface area (Å²) in [5.74, 6) is -1.01. The molecule has 1 aromatic rings. The Labute approximate surface area is 115 Å². The molecule has 0 saturated carbocycles. The van der Waals surface area contributed by atoms with Crippen LogP contribution in [0, 0.1) is 5.41 Å². The molecular formula is C13H17F3N2O2. The SMILES string of the molecule is CC(C)(C)C(CC(=O)O)Nc1cc(C(F)(F)F)ccn1. The molecule has 1 atom stereocenters. The van der Waals surface area contributed by atoms with E-state index in [1.54, 1.807) is 20.8 Å². The Hall–Kier alpha value is -1.79. The van der Waals surface area contributed by atoms with E-state index in [0.717, 1.165) is 18.3 Å². The lowest BCUT2D eigenvalue weighted by atomic mass is 9.85. The lowest BCUT2D eigenvalue weighted by Gasteiger charge is -2.30. The van der Waals surface area contributed by atoms with E-state index in [-0.39, 0.29) is 12.2 Å². The van der Waals surface area contributed by atoms with Gasteiger partial charge in [0, 0.05) is 12.2 Å². The number of rotatable bonds is 4. The van der Waals surface area contributed by atoms with Crippen LogP contribution in [0.1, 0.15) is 32.8 Å². The van der Waals surface area contributed by atoms with Crippen molar-refractivity contribution in [3.8, 4) is 0 Å². The van der Waals surface area contributed by atoms with E-state index >= 15 is 0 Å². The maximum atomic E-state index is 12.6. The van der Waals surface area contributed by atoms with Crippen molar-refractivity contribution in [3.63, 3.8) is 0 Å². The highest BCUT2D eigenvalue weighted by molar-refractivity contribution is 5.68. The van der Waals surface area contributed by atoms with Gasteiger partial charge in [0.05, 0.1) is 12.0 Å². The third-order valence-corrected chi connectivity index (χ3v) is 2.83. The standard InChI is InChI=1S/C13H17F3N2O2/c1-12(2,3)9(7-11(19)20)18-10-6-8(4-5-17-10)13(14,15)16/h4-6,9H,7H2,1-3H3,(H,17,18)(H,19,20). The molecule has 0 aliphatic heterocycles. The molecule has 4 nitrogen and oxygen atoms in total. The minimum Gasteiger partial charge on any atom is -0.481 e. The molecule has 1 heterocycles. The third kappa shape index (κ3) is 4.71. The number of carboxylic acid groups (broad SMARTS) is 1. The molecule has 0 radical (unpaired) electrons. The molecule has 0 saturated heterocycles. The van der Waals surface area contributed by atoms with Crippen LogP contribution >= 0.6 is 0 Å². The van der Waals surface area contributed by atoms with E-state index in [0.29, 0.717) is 0 Å².